The van der Waals surface area contributed by atoms with Gasteiger partial charge >= 0.3 is 0 Å². The number of halogens is 1. The Balaban J connectivity index is 1.40. The van der Waals surface area contributed by atoms with E-state index in [4.69, 9.17) is 9.72 Å². The first-order valence-electron chi connectivity index (χ1n) is 10.2. The van der Waals surface area contributed by atoms with Gasteiger partial charge in [0.1, 0.15) is 5.75 Å². The highest BCUT2D eigenvalue weighted by Crippen LogP contribution is 2.30. The average Bonchev–Trinajstić information content (AvgIpc) is 3.28. The number of sulfone groups is 1. The van der Waals surface area contributed by atoms with E-state index in [1.807, 2.05) is 30.3 Å². The number of benzene rings is 2. The molecule has 4 rings (SSSR count). The van der Waals surface area contributed by atoms with E-state index in [-0.39, 0.29) is 5.25 Å². The van der Waals surface area contributed by atoms with E-state index < -0.39 is 9.84 Å². The lowest BCUT2D eigenvalue weighted by Crippen LogP contribution is -2.39. The molecule has 0 saturated carbocycles. The zero-order valence-corrected chi connectivity index (χ0v) is 20.5. The Morgan fingerprint density at radius 2 is 1.84 bits per heavy atom. The van der Waals surface area contributed by atoms with Gasteiger partial charge in [-0.1, -0.05) is 46.3 Å². The van der Waals surface area contributed by atoms with Gasteiger partial charge < -0.3 is 9.64 Å². The molecule has 0 amide bonds. The van der Waals surface area contributed by atoms with Crippen LogP contribution in [0.25, 0.3) is 0 Å². The molecule has 0 N–H and O–H groups in total. The summed E-state index contributed by atoms with van der Waals surface area (Å²) in [6.07, 6.45) is 1.95. The molecule has 2 aromatic carbocycles. The van der Waals surface area contributed by atoms with Gasteiger partial charge in [0.2, 0.25) is 0 Å². The van der Waals surface area contributed by atoms with Crippen LogP contribution in [0.15, 0.2) is 58.8 Å². The number of nitrogens with zero attached hydrogens (tertiary/aromatic N) is 2. The molecule has 164 valence electrons. The van der Waals surface area contributed by atoms with Crippen molar-refractivity contribution in [3.05, 3.63) is 70.7 Å². The van der Waals surface area contributed by atoms with Crippen molar-refractivity contribution in [3.8, 4) is 5.75 Å². The lowest BCUT2D eigenvalue weighted by Gasteiger charge is -2.31. The summed E-state index contributed by atoms with van der Waals surface area (Å²) in [5, 5.41) is 3.42. The topological polar surface area (TPSA) is 59.5 Å². The number of para-hydroxylation sites is 1. The molecule has 1 fully saturated rings. The van der Waals surface area contributed by atoms with Crippen molar-refractivity contribution in [1.29, 1.82) is 0 Å². The van der Waals surface area contributed by atoms with Gasteiger partial charge in [-0.05, 0) is 36.6 Å². The summed E-state index contributed by atoms with van der Waals surface area (Å²) >= 11 is 5.02. The molecule has 0 unspecified atom stereocenters. The van der Waals surface area contributed by atoms with Crippen molar-refractivity contribution in [3.63, 3.8) is 0 Å². The van der Waals surface area contributed by atoms with Crippen LogP contribution in [0, 0.1) is 0 Å². The van der Waals surface area contributed by atoms with Gasteiger partial charge in [0, 0.05) is 35.8 Å². The molecule has 1 aliphatic heterocycles. The normalized spacial score (nSPS) is 15.2. The van der Waals surface area contributed by atoms with Gasteiger partial charge in [0.05, 0.1) is 22.9 Å². The number of piperidine rings is 1. The third kappa shape index (κ3) is 4.96. The second-order valence-electron chi connectivity index (χ2n) is 7.62. The van der Waals surface area contributed by atoms with Crippen molar-refractivity contribution < 1.29 is 13.2 Å². The first kappa shape index (κ1) is 22.3. The monoisotopic (exact) mass is 520 g/mol. The van der Waals surface area contributed by atoms with E-state index in [1.54, 1.807) is 30.6 Å². The molecule has 31 heavy (non-hydrogen) atoms. The quantitative estimate of drug-likeness (QED) is 0.406. The number of thiazole rings is 1. The second kappa shape index (κ2) is 9.71. The molecule has 0 spiro atoms. The molecule has 1 aliphatic rings. The number of aromatic nitrogens is 1. The molecule has 1 aromatic heterocycles. The first-order valence-corrected chi connectivity index (χ1v) is 13.8. The molecule has 2 heterocycles. The summed E-state index contributed by atoms with van der Waals surface area (Å²) in [7, 11) is -1.63. The smallest absolute Gasteiger partial charge is 0.185 e. The number of ether oxygens (including phenoxy) is 1. The van der Waals surface area contributed by atoms with Gasteiger partial charge in [-0.15, -0.1) is 11.3 Å². The molecule has 1 saturated heterocycles. The van der Waals surface area contributed by atoms with Crippen LogP contribution in [-0.2, 0) is 21.6 Å². The van der Waals surface area contributed by atoms with E-state index in [1.165, 1.54) is 0 Å². The molecule has 0 radical (unpaired) electrons. The van der Waals surface area contributed by atoms with Gasteiger partial charge in [-0.3, -0.25) is 0 Å². The van der Waals surface area contributed by atoms with Crippen LogP contribution in [0.5, 0.6) is 5.75 Å². The zero-order valence-electron chi connectivity index (χ0n) is 17.3. The first-order chi connectivity index (χ1) is 15.0. The maximum Gasteiger partial charge on any atom is 0.185 e. The second-order valence-corrected chi connectivity index (χ2v) is 11.2. The maximum absolute atomic E-state index is 13.0. The predicted octanol–water partition coefficient (Wildman–Crippen LogP) is 5.08. The predicted molar refractivity (Wildman–Crippen MR) is 129 cm³/mol. The van der Waals surface area contributed by atoms with Crippen molar-refractivity contribution >= 4 is 42.2 Å². The molecule has 0 atom stereocenters. The Hall–Kier alpha value is -1.90. The van der Waals surface area contributed by atoms with Crippen molar-refractivity contribution in [2.75, 3.05) is 25.1 Å². The zero-order chi connectivity index (χ0) is 21.8. The third-order valence-electron chi connectivity index (χ3n) is 5.66. The van der Waals surface area contributed by atoms with Gasteiger partial charge in [-0.25, -0.2) is 13.4 Å². The van der Waals surface area contributed by atoms with Crippen molar-refractivity contribution in [2.45, 2.75) is 34.7 Å². The minimum atomic E-state index is -3.31. The highest BCUT2D eigenvalue weighted by atomic mass is 79.9. The number of methoxy groups -OCH3 is 1. The number of alkyl halides is 1. The fourth-order valence-corrected chi connectivity index (χ4v) is 6.87. The molecule has 0 bridgehead atoms. The van der Waals surface area contributed by atoms with Gasteiger partial charge in [0.25, 0.3) is 0 Å². The van der Waals surface area contributed by atoms with E-state index in [0.717, 1.165) is 39.5 Å². The summed E-state index contributed by atoms with van der Waals surface area (Å²) < 4.78 is 31.5. The molecular weight excluding hydrogens is 496 g/mol. The largest absolute Gasteiger partial charge is 0.496 e. The number of rotatable bonds is 7. The van der Waals surface area contributed by atoms with Gasteiger partial charge in [0.15, 0.2) is 15.0 Å². The van der Waals surface area contributed by atoms with E-state index >= 15 is 0 Å². The highest BCUT2D eigenvalue weighted by Gasteiger charge is 2.32. The average molecular weight is 522 g/mol. The Morgan fingerprint density at radius 3 is 2.52 bits per heavy atom. The minimum Gasteiger partial charge on any atom is -0.496 e. The Bertz CT molecular complexity index is 1120. The minimum absolute atomic E-state index is 0.341. The fourth-order valence-electron chi connectivity index (χ4n) is 3.88. The van der Waals surface area contributed by atoms with Crippen LogP contribution in [0.1, 0.15) is 29.7 Å². The molecule has 0 aliphatic carbocycles. The molecule has 3 aromatic rings. The summed E-state index contributed by atoms with van der Waals surface area (Å²) in [4.78, 5) is 7.43. The van der Waals surface area contributed by atoms with Crippen molar-refractivity contribution in [2.24, 2.45) is 0 Å². The highest BCUT2D eigenvalue weighted by molar-refractivity contribution is 9.08. The van der Waals surface area contributed by atoms with Crippen LogP contribution >= 0.6 is 27.3 Å². The molecule has 5 nitrogen and oxygen atoms in total. The fraction of sp³-hybridized carbons (Fsp3) is 0.348. The van der Waals surface area contributed by atoms with Crippen molar-refractivity contribution in [1.82, 2.24) is 4.98 Å². The number of hydrogen-bond acceptors (Lipinski definition) is 6. The van der Waals surface area contributed by atoms with Crippen LogP contribution in [0.3, 0.4) is 0 Å². The Labute approximate surface area is 196 Å². The van der Waals surface area contributed by atoms with Crippen LogP contribution < -0.4 is 9.64 Å². The van der Waals surface area contributed by atoms with Crippen LogP contribution in [0.4, 0.5) is 5.13 Å². The maximum atomic E-state index is 13.0. The van der Waals surface area contributed by atoms with Crippen LogP contribution in [-0.4, -0.2) is 38.9 Å². The Morgan fingerprint density at radius 1 is 1.13 bits per heavy atom. The number of anilines is 1. The Kier molecular flexibility index (Phi) is 6.99. The number of hydrogen-bond donors (Lipinski definition) is 0. The molecule has 8 heteroatoms. The summed E-state index contributed by atoms with van der Waals surface area (Å²) in [6, 6.07) is 15.2. The standard InChI is InChI=1S/C23H25BrN2O3S2/c1-29-22-5-3-2-4-18(22)14-19-16-30-23(25-19)26-12-10-21(11-13-26)31(27,28)20-8-6-17(15-24)7-9-20/h2-9,16,21H,10-15H2,1H3. The van der Waals surface area contributed by atoms with E-state index in [9.17, 15) is 8.42 Å². The lowest BCUT2D eigenvalue weighted by molar-refractivity contribution is 0.410. The van der Waals surface area contributed by atoms with E-state index in [2.05, 4.69) is 32.3 Å². The SMILES string of the molecule is COc1ccccc1Cc1csc(N2CCC(S(=O)(=O)c3ccc(CBr)cc3)CC2)n1. The van der Waals surface area contributed by atoms with Gasteiger partial charge in [-0.2, -0.15) is 0 Å². The summed E-state index contributed by atoms with van der Waals surface area (Å²) in [5.41, 5.74) is 3.19. The third-order valence-corrected chi connectivity index (χ3v) is 9.54. The molecular formula is C23H25BrN2O3S2. The lowest BCUT2D eigenvalue weighted by atomic mass is 10.1. The summed E-state index contributed by atoms with van der Waals surface area (Å²) in [5.74, 6) is 0.868. The van der Waals surface area contributed by atoms with Crippen LogP contribution in [0.2, 0.25) is 0 Å². The van der Waals surface area contributed by atoms with E-state index in [0.29, 0.717) is 30.8 Å². The summed E-state index contributed by atoms with van der Waals surface area (Å²) in [6.45, 7) is 1.40.